The van der Waals surface area contributed by atoms with Crippen molar-refractivity contribution < 1.29 is 14.7 Å². The standard InChI is InChI=1S/C15H27NO3/c1-2-7-13(15(18)19)16-14(17)11-6-10-12-8-4-3-5-9-12/h12-13H,2-11H2,1H3,(H,16,17)(H,18,19)/t13-/m1/s1. The predicted molar refractivity (Wildman–Crippen MR) is 74.9 cm³/mol. The number of aliphatic carboxylic acids is 1. The third-order valence-electron chi connectivity index (χ3n) is 3.95. The second-order valence-corrected chi connectivity index (χ2v) is 5.64. The molecule has 1 aliphatic rings. The SMILES string of the molecule is CCC[C@@H](NC(=O)CCCC1CCCCC1)C(=O)O. The Morgan fingerprint density at radius 1 is 1.26 bits per heavy atom. The van der Waals surface area contributed by atoms with Crippen LogP contribution >= 0.6 is 0 Å². The van der Waals surface area contributed by atoms with Crippen molar-refractivity contribution in [1.82, 2.24) is 5.32 Å². The number of carboxylic acid groups (broad SMARTS) is 1. The maximum Gasteiger partial charge on any atom is 0.326 e. The Bertz CT molecular complexity index is 285. The summed E-state index contributed by atoms with van der Waals surface area (Å²) in [5.74, 6) is -0.258. The van der Waals surface area contributed by atoms with Gasteiger partial charge >= 0.3 is 5.97 Å². The first-order valence-corrected chi connectivity index (χ1v) is 7.65. The van der Waals surface area contributed by atoms with E-state index in [1.54, 1.807) is 0 Å². The molecule has 2 N–H and O–H groups in total. The average molecular weight is 269 g/mol. The highest BCUT2D eigenvalue weighted by atomic mass is 16.4. The lowest BCUT2D eigenvalue weighted by atomic mass is 9.86. The summed E-state index contributed by atoms with van der Waals surface area (Å²) in [7, 11) is 0. The molecule has 1 rings (SSSR count). The Labute approximate surface area is 116 Å². The second kappa shape index (κ2) is 8.94. The van der Waals surface area contributed by atoms with Crippen LogP contribution in [-0.4, -0.2) is 23.0 Å². The Kier molecular flexibility index (Phi) is 7.53. The monoisotopic (exact) mass is 269 g/mol. The molecule has 4 heteroatoms. The van der Waals surface area contributed by atoms with Gasteiger partial charge < -0.3 is 10.4 Å². The van der Waals surface area contributed by atoms with Crippen LogP contribution in [0.4, 0.5) is 0 Å². The maximum absolute atomic E-state index is 11.7. The van der Waals surface area contributed by atoms with Crippen molar-refractivity contribution in [3.8, 4) is 0 Å². The Morgan fingerprint density at radius 3 is 2.53 bits per heavy atom. The van der Waals surface area contributed by atoms with Crippen LogP contribution in [-0.2, 0) is 9.59 Å². The quantitative estimate of drug-likeness (QED) is 0.711. The lowest BCUT2D eigenvalue weighted by molar-refractivity contribution is -0.142. The maximum atomic E-state index is 11.7. The highest BCUT2D eigenvalue weighted by Gasteiger charge is 2.19. The largest absolute Gasteiger partial charge is 0.480 e. The third kappa shape index (κ3) is 6.60. The van der Waals surface area contributed by atoms with Crippen molar-refractivity contribution in [3.05, 3.63) is 0 Å². The molecule has 0 aromatic rings. The van der Waals surface area contributed by atoms with E-state index in [9.17, 15) is 9.59 Å². The van der Waals surface area contributed by atoms with Gasteiger partial charge in [-0.1, -0.05) is 45.4 Å². The van der Waals surface area contributed by atoms with Gasteiger partial charge in [0.05, 0.1) is 0 Å². The van der Waals surface area contributed by atoms with Crippen LogP contribution in [0.2, 0.25) is 0 Å². The molecule has 110 valence electrons. The van der Waals surface area contributed by atoms with Crippen LogP contribution in [0.25, 0.3) is 0 Å². The van der Waals surface area contributed by atoms with Gasteiger partial charge in [0.25, 0.3) is 0 Å². The molecule has 1 aliphatic carbocycles. The molecule has 1 fully saturated rings. The van der Waals surface area contributed by atoms with Crippen molar-refractivity contribution in [2.24, 2.45) is 5.92 Å². The van der Waals surface area contributed by atoms with Gasteiger partial charge in [0.1, 0.15) is 6.04 Å². The topological polar surface area (TPSA) is 66.4 Å². The Morgan fingerprint density at radius 2 is 1.95 bits per heavy atom. The second-order valence-electron chi connectivity index (χ2n) is 5.64. The van der Waals surface area contributed by atoms with Gasteiger partial charge in [-0.25, -0.2) is 4.79 Å². The van der Waals surface area contributed by atoms with Gasteiger partial charge in [0.2, 0.25) is 5.91 Å². The van der Waals surface area contributed by atoms with E-state index in [2.05, 4.69) is 5.32 Å². The first-order valence-electron chi connectivity index (χ1n) is 7.65. The number of hydrogen-bond donors (Lipinski definition) is 2. The van der Waals surface area contributed by atoms with E-state index >= 15 is 0 Å². The summed E-state index contributed by atoms with van der Waals surface area (Å²) in [5.41, 5.74) is 0. The van der Waals surface area contributed by atoms with Gasteiger partial charge in [-0.2, -0.15) is 0 Å². The lowest BCUT2D eigenvalue weighted by Gasteiger charge is -2.21. The summed E-state index contributed by atoms with van der Waals surface area (Å²) < 4.78 is 0. The zero-order valence-corrected chi connectivity index (χ0v) is 12.0. The summed E-state index contributed by atoms with van der Waals surface area (Å²) in [6, 6.07) is -0.716. The number of hydrogen-bond acceptors (Lipinski definition) is 2. The van der Waals surface area contributed by atoms with E-state index in [0.29, 0.717) is 12.8 Å². The average Bonchev–Trinajstić information content (AvgIpc) is 2.39. The molecule has 0 heterocycles. The van der Waals surface area contributed by atoms with E-state index < -0.39 is 12.0 Å². The molecule has 0 aromatic heterocycles. The van der Waals surface area contributed by atoms with Crippen LogP contribution < -0.4 is 5.32 Å². The fourth-order valence-corrected chi connectivity index (χ4v) is 2.84. The zero-order valence-electron chi connectivity index (χ0n) is 12.0. The molecule has 1 atom stereocenters. The van der Waals surface area contributed by atoms with Crippen LogP contribution in [0, 0.1) is 5.92 Å². The minimum atomic E-state index is -0.928. The highest BCUT2D eigenvalue weighted by molar-refractivity contribution is 5.83. The number of amides is 1. The van der Waals surface area contributed by atoms with E-state index in [1.807, 2.05) is 6.92 Å². The molecule has 0 unspecified atom stereocenters. The molecule has 0 aromatic carbocycles. The Balaban J connectivity index is 2.17. The molecule has 0 radical (unpaired) electrons. The van der Waals surface area contributed by atoms with Crippen molar-refractivity contribution >= 4 is 11.9 Å². The van der Waals surface area contributed by atoms with Gasteiger partial charge in [0.15, 0.2) is 0 Å². The van der Waals surface area contributed by atoms with E-state index in [4.69, 9.17) is 5.11 Å². The smallest absolute Gasteiger partial charge is 0.326 e. The first-order chi connectivity index (χ1) is 9.13. The minimum Gasteiger partial charge on any atom is -0.480 e. The van der Waals surface area contributed by atoms with E-state index in [-0.39, 0.29) is 5.91 Å². The van der Waals surface area contributed by atoms with Crippen molar-refractivity contribution in [1.29, 1.82) is 0 Å². The third-order valence-corrected chi connectivity index (χ3v) is 3.95. The number of rotatable bonds is 8. The molecule has 0 spiro atoms. The Hall–Kier alpha value is -1.06. The minimum absolute atomic E-state index is 0.114. The van der Waals surface area contributed by atoms with Gasteiger partial charge in [-0.3, -0.25) is 4.79 Å². The van der Waals surface area contributed by atoms with Gasteiger partial charge in [-0.15, -0.1) is 0 Å². The zero-order chi connectivity index (χ0) is 14.1. The summed E-state index contributed by atoms with van der Waals surface area (Å²) in [6.45, 7) is 1.92. The van der Waals surface area contributed by atoms with Crippen LogP contribution in [0.5, 0.6) is 0 Å². The summed E-state index contributed by atoms with van der Waals surface area (Å²) in [5, 5.41) is 11.6. The lowest BCUT2D eigenvalue weighted by Crippen LogP contribution is -2.40. The van der Waals surface area contributed by atoms with E-state index in [0.717, 1.165) is 25.2 Å². The fraction of sp³-hybridized carbons (Fsp3) is 0.867. The van der Waals surface area contributed by atoms with Gasteiger partial charge in [0, 0.05) is 6.42 Å². The van der Waals surface area contributed by atoms with Crippen LogP contribution in [0.3, 0.4) is 0 Å². The fourth-order valence-electron chi connectivity index (χ4n) is 2.84. The molecular weight excluding hydrogens is 242 g/mol. The number of carbonyl (C=O) groups excluding carboxylic acids is 1. The number of nitrogens with one attached hydrogen (secondary N) is 1. The molecule has 0 bridgehead atoms. The first kappa shape index (κ1) is 16.0. The summed E-state index contributed by atoms with van der Waals surface area (Å²) in [6.07, 6.45) is 10.3. The molecule has 4 nitrogen and oxygen atoms in total. The van der Waals surface area contributed by atoms with Crippen molar-refractivity contribution in [3.63, 3.8) is 0 Å². The highest BCUT2D eigenvalue weighted by Crippen LogP contribution is 2.27. The van der Waals surface area contributed by atoms with Crippen LogP contribution in [0.1, 0.15) is 71.1 Å². The molecule has 0 aliphatic heterocycles. The predicted octanol–water partition coefficient (Wildman–Crippen LogP) is 3.11. The van der Waals surface area contributed by atoms with Crippen LogP contribution in [0.15, 0.2) is 0 Å². The van der Waals surface area contributed by atoms with Crippen molar-refractivity contribution in [2.45, 2.75) is 77.2 Å². The summed E-state index contributed by atoms with van der Waals surface area (Å²) in [4.78, 5) is 22.6. The molecular formula is C15H27NO3. The van der Waals surface area contributed by atoms with E-state index in [1.165, 1.54) is 32.1 Å². The number of carboxylic acids is 1. The normalized spacial score (nSPS) is 17.9. The molecule has 0 saturated heterocycles. The number of carbonyl (C=O) groups is 2. The molecule has 1 saturated carbocycles. The van der Waals surface area contributed by atoms with Crippen molar-refractivity contribution in [2.75, 3.05) is 0 Å². The molecule has 1 amide bonds. The molecule has 19 heavy (non-hydrogen) atoms. The summed E-state index contributed by atoms with van der Waals surface area (Å²) >= 11 is 0. The van der Waals surface area contributed by atoms with Gasteiger partial charge in [-0.05, 0) is 25.2 Å².